The van der Waals surface area contributed by atoms with Gasteiger partial charge in [0.1, 0.15) is 11.7 Å². The van der Waals surface area contributed by atoms with Crippen LogP contribution >= 0.6 is 0 Å². The third-order valence-electron chi connectivity index (χ3n) is 14.0. The molecule has 8 nitrogen and oxygen atoms in total. The lowest BCUT2D eigenvalue weighted by atomic mass is 9.56. The minimum absolute atomic E-state index is 0.0226. The van der Waals surface area contributed by atoms with Gasteiger partial charge in [-0.15, -0.1) is 0 Å². The molecule has 1 aliphatic carbocycles. The molecule has 0 amide bonds. The molecule has 0 aromatic rings. The van der Waals surface area contributed by atoms with Gasteiger partial charge in [0.15, 0.2) is 5.79 Å². The summed E-state index contributed by atoms with van der Waals surface area (Å²) in [5.41, 5.74) is 5.21. The smallest absolute Gasteiger partial charge is 0.334 e. The number of aliphatic imine (C=N–C) groups is 1. The number of carbonyl (C=O) groups excluding carboxylic acids is 1. The fraction of sp³-hybridized carbons (Fsp3) is 0.762. The van der Waals surface area contributed by atoms with Gasteiger partial charge in [0.2, 0.25) is 5.79 Å². The molecule has 11 atom stereocenters. The highest BCUT2D eigenvalue weighted by Gasteiger charge is 2.64. The van der Waals surface area contributed by atoms with Crippen LogP contribution in [0.25, 0.3) is 0 Å². The second-order valence-electron chi connectivity index (χ2n) is 17.5. The molecule has 0 radical (unpaired) electrons. The van der Waals surface area contributed by atoms with Crippen molar-refractivity contribution in [1.82, 2.24) is 0 Å². The number of ether oxygens (including phenoxy) is 4. The lowest BCUT2D eigenvalue weighted by Gasteiger charge is -2.49. The van der Waals surface area contributed by atoms with Crippen LogP contribution in [-0.2, 0) is 23.7 Å². The van der Waals surface area contributed by atoms with E-state index in [-0.39, 0.29) is 35.6 Å². The molecule has 8 heteroatoms. The van der Waals surface area contributed by atoms with E-state index in [2.05, 4.69) is 40.3 Å². The van der Waals surface area contributed by atoms with Gasteiger partial charge in [-0.05, 0) is 121 Å². The summed E-state index contributed by atoms with van der Waals surface area (Å²) in [6.45, 7) is 18.0. The molecule has 3 spiro atoms. The lowest BCUT2D eigenvalue weighted by Crippen LogP contribution is -2.60. The monoisotopic (exact) mass is 691 g/mol. The molecule has 0 aromatic heterocycles. The average molecular weight is 692 g/mol. The number of nitrogens with zero attached hydrogens (tertiary/aromatic N) is 1. The van der Waals surface area contributed by atoms with Crippen molar-refractivity contribution in [2.75, 3.05) is 6.54 Å². The molecule has 2 N–H and O–H groups in total. The van der Waals surface area contributed by atoms with Crippen molar-refractivity contribution in [2.45, 2.75) is 173 Å². The van der Waals surface area contributed by atoms with Gasteiger partial charge < -0.3 is 29.2 Å². The zero-order valence-electron chi connectivity index (χ0n) is 31.4. The molecule has 7 aliphatic rings. The number of hydrogen-bond donors (Lipinski definition) is 2. The molecule has 0 aromatic carbocycles. The highest BCUT2D eigenvalue weighted by atomic mass is 16.8. The number of rotatable bonds is 1. The Labute approximate surface area is 299 Å². The van der Waals surface area contributed by atoms with Gasteiger partial charge in [-0.3, -0.25) is 4.99 Å². The maximum Gasteiger partial charge on any atom is 0.334 e. The Kier molecular flexibility index (Phi) is 9.71. The molecular weight excluding hydrogens is 630 g/mol. The van der Waals surface area contributed by atoms with Gasteiger partial charge in [-0.1, -0.05) is 37.6 Å². The number of hydrogen-bond acceptors (Lipinski definition) is 8. The van der Waals surface area contributed by atoms with E-state index in [0.717, 1.165) is 69.9 Å². The van der Waals surface area contributed by atoms with Gasteiger partial charge in [0.05, 0.1) is 18.3 Å². The molecular formula is C42H61NO7. The van der Waals surface area contributed by atoms with E-state index >= 15 is 0 Å². The van der Waals surface area contributed by atoms with E-state index in [1.165, 1.54) is 22.4 Å². The second-order valence-corrected chi connectivity index (χ2v) is 17.5. The highest BCUT2D eigenvalue weighted by molar-refractivity contribution is 5.92. The molecule has 3 saturated heterocycles. The molecule has 276 valence electrons. The first-order chi connectivity index (χ1) is 23.6. The van der Waals surface area contributed by atoms with Crippen LogP contribution in [0, 0.1) is 23.2 Å². The lowest BCUT2D eigenvalue weighted by molar-refractivity contribution is -0.387. The normalized spacial score (nSPS) is 47.0. The maximum atomic E-state index is 12.5. The number of esters is 1. The summed E-state index contributed by atoms with van der Waals surface area (Å²) in [5, 5.41) is 23.4. The van der Waals surface area contributed by atoms with Crippen LogP contribution in [0.4, 0.5) is 0 Å². The third kappa shape index (κ3) is 6.44. The number of aliphatic hydroxyl groups is 2. The minimum atomic E-state index is -1.11. The largest absolute Gasteiger partial charge is 0.450 e. The standard InChI is InChI=1S/C42H61NO7/c1-25-9-8-10-37-40(23-28(4)29(5)24-43-37)15-13-33(36-21-27(3)38(45)47-36)30(6)34(40)20-26(2)35(44)22-32-12-16-41(48-32)17-18-42(50-41)39(7,46)14-11-31(19-25)49-42/h20-21,28-29,31-32,34-36,44,46H,1,8-19,22-24H2,2-7H3/b26-20+/t28-,29-,31-,32-,34-,35-,36-,39+,40+,41+,42+/m0/s1. The maximum absolute atomic E-state index is 12.5. The van der Waals surface area contributed by atoms with Gasteiger partial charge in [-0.25, -0.2) is 4.79 Å². The number of aliphatic hydroxyl groups excluding tert-OH is 1. The van der Waals surface area contributed by atoms with Crippen LogP contribution in [0.15, 0.2) is 51.6 Å². The Morgan fingerprint density at radius 2 is 1.72 bits per heavy atom. The van der Waals surface area contributed by atoms with Crippen molar-refractivity contribution in [3.05, 3.63) is 46.6 Å². The van der Waals surface area contributed by atoms with Gasteiger partial charge in [0.25, 0.3) is 0 Å². The quantitative estimate of drug-likeness (QED) is 0.213. The van der Waals surface area contributed by atoms with E-state index in [1.54, 1.807) is 0 Å². The zero-order chi connectivity index (χ0) is 35.6. The van der Waals surface area contributed by atoms with Crippen LogP contribution < -0.4 is 0 Å². The summed E-state index contributed by atoms with van der Waals surface area (Å²) >= 11 is 0. The first kappa shape index (κ1) is 36.3. The summed E-state index contributed by atoms with van der Waals surface area (Å²) < 4.78 is 26.1. The van der Waals surface area contributed by atoms with Crippen LogP contribution in [0.2, 0.25) is 0 Å². The Morgan fingerprint density at radius 3 is 2.48 bits per heavy atom. The van der Waals surface area contributed by atoms with Gasteiger partial charge in [-0.2, -0.15) is 0 Å². The summed E-state index contributed by atoms with van der Waals surface area (Å²) in [6, 6.07) is 0. The predicted octanol–water partition coefficient (Wildman–Crippen LogP) is 7.83. The fourth-order valence-electron chi connectivity index (χ4n) is 10.5. The SMILES string of the molecule is C=C1CCCC2=NC[C@H](C)[C@@H](C)C[C@@]23CCC([C@@H]2C=C(C)C(=O)O2)=C(C)[C@@H]3/C=C(\C)[C@@H](O)C[C@@H]2CC[C@@]3(CC[C@@]4(O[C@@H](CC[C@@]4(C)O)C1)O3)O2. The molecule has 50 heavy (non-hydrogen) atoms. The Bertz CT molecular complexity index is 1510. The molecule has 3 fully saturated rings. The van der Waals surface area contributed by atoms with Crippen LogP contribution in [0.1, 0.15) is 131 Å². The van der Waals surface area contributed by atoms with E-state index in [1.807, 2.05) is 19.9 Å². The molecule has 0 unspecified atom stereocenters. The van der Waals surface area contributed by atoms with E-state index in [4.69, 9.17) is 23.9 Å². The van der Waals surface area contributed by atoms with Crippen molar-refractivity contribution in [1.29, 1.82) is 0 Å². The zero-order valence-corrected chi connectivity index (χ0v) is 31.4. The fourth-order valence-corrected chi connectivity index (χ4v) is 10.5. The van der Waals surface area contributed by atoms with Crippen LogP contribution in [0.5, 0.6) is 0 Å². The second kappa shape index (κ2) is 13.4. The summed E-state index contributed by atoms with van der Waals surface area (Å²) in [7, 11) is 0. The molecule has 4 bridgehead atoms. The number of carbonyl (C=O) groups is 1. The number of allylic oxidation sites excluding steroid dienone is 2. The Morgan fingerprint density at radius 1 is 0.940 bits per heavy atom. The first-order valence-electron chi connectivity index (χ1n) is 19.6. The van der Waals surface area contributed by atoms with Crippen molar-refractivity contribution >= 4 is 11.7 Å². The first-order valence-corrected chi connectivity index (χ1v) is 19.6. The average Bonchev–Trinajstić information content (AvgIpc) is 3.71. The van der Waals surface area contributed by atoms with Crippen molar-refractivity contribution in [2.24, 2.45) is 28.2 Å². The van der Waals surface area contributed by atoms with Crippen LogP contribution in [0.3, 0.4) is 0 Å². The van der Waals surface area contributed by atoms with Crippen LogP contribution in [-0.4, -0.2) is 70.0 Å². The molecule has 6 aliphatic heterocycles. The minimum Gasteiger partial charge on any atom is -0.450 e. The van der Waals surface area contributed by atoms with Crippen molar-refractivity contribution in [3.63, 3.8) is 0 Å². The summed E-state index contributed by atoms with van der Waals surface area (Å²) in [4.78, 5) is 18.0. The van der Waals surface area contributed by atoms with Gasteiger partial charge in [0, 0.05) is 54.8 Å². The third-order valence-corrected chi connectivity index (χ3v) is 14.0. The Balaban J connectivity index is 1.27. The molecule has 7 rings (SSSR count). The number of fused-ring (bicyclic) bond motifs is 2. The summed E-state index contributed by atoms with van der Waals surface area (Å²) in [5.74, 6) is -1.16. The van der Waals surface area contributed by atoms with Gasteiger partial charge >= 0.3 is 5.97 Å². The van der Waals surface area contributed by atoms with E-state index in [0.29, 0.717) is 49.5 Å². The number of cyclic esters (lactones) is 1. The van der Waals surface area contributed by atoms with Crippen molar-refractivity contribution in [3.8, 4) is 0 Å². The van der Waals surface area contributed by atoms with E-state index in [9.17, 15) is 15.0 Å². The highest BCUT2D eigenvalue weighted by Crippen LogP contribution is 2.56. The summed E-state index contributed by atoms with van der Waals surface area (Å²) in [6.07, 6.45) is 14.0. The Hall–Kier alpha value is -2.10. The van der Waals surface area contributed by atoms with E-state index < -0.39 is 23.3 Å². The predicted molar refractivity (Wildman–Crippen MR) is 193 cm³/mol. The molecule has 6 heterocycles. The van der Waals surface area contributed by atoms with Crippen molar-refractivity contribution < 1.29 is 34.0 Å². The topological polar surface area (TPSA) is 107 Å². The molecule has 0 saturated carbocycles.